The lowest BCUT2D eigenvalue weighted by Crippen LogP contribution is -2.26. The number of rotatable bonds is 7. The molecule has 0 radical (unpaired) electrons. The van der Waals surface area contributed by atoms with Gasteiger partial charge in [-0.05, 0) is 68.9 Å². The largest absolute Gasteiger partial charge is 0.316 e. The highest BCUT2D eigenvalue weighted by Crippen LogP contribution is 2.50. The van der Waals surface area contributed by atoms with Gasteiger partial charge in [-0.3, -0.25) is 0 Å². The molecular weight excluding hydrogens is 194 g/mol. The zero-order valence-corrected chi connectivity index (χ0v) is 11.2. The van der Waals surface area contributed by atoms with Gasteiger partial charge in [0.15, 0.2) is 0 Å². The molecule has 0 aromatic carbocycles. The van der Waals surface area contributed by atoms with E-state index in [0.717, 1.165) is 23.7 Å². The highest BCUT2D eigenvalue weighted by atomic mass is 14.8. The first-order valence-corrected chi connectivity index (χ1v) is 7.54. The summed E-state index contributed by atoms with van der Waals surface area (Å²) in [7, 11) is 0. The van der Waals surface area contributed by atoms with Crippen LogP contribution >= 0.6 is 0 Å². The summed E-state index contributed by atoms with van der Waals surface area (Å²) in [5.74, 6) is 4.27. The molecule has 0 aromatic heterocycles. The van der Waals surface area contributed by atoms with Gasteiger partial charge in [-0.15, -0.1) is 0 Å². The second kappa shape index (κ2) is 6.05. The summed E-state index contributed by atoms with van der Waals surface area (Å²) in [6.45, 7) is 7.08. The monoisotopic (exact) mass is 223 g/mol. The van der Waals surface area contributed by atoms with Gasteiger partial charge in [-0.25, -0.2) is 0 Å². The van der Waals surface area contributed by atoms with E-state index in [1.165, 1.54) is 32.4 Å². The Kier molecular flexibility index (Phi) is 4.69. The Hall–Kier alpha value is -0.0400. The molecule has 94 valence electrons. The molecule has 2 rings (SSSR count). The molecule has 1 nitrogen and oxygen atoms in total. The molecule has 2 fully saturated rings. The number of hydrogen-bond donors (Lipinski definition) is 1. The smallest absolute Gasteiger partial charge is 0.00205 e. The zero-order chi connectivity index (χ0) is 11.4. The van der Waals surface area contributed by atoms with E-state index >= 15 is 0 Å². The molecule has 0 aliphatic heterocycles. The summed E-state index contributed by atoms with van der Waals surface area (Å²) in [6.07, 6.45) is 10.4. The van der Waals surface area contributed by atoms with Crippen LogP contribution in [0.2, 0.25) is 0 Å². The molecule has 0 aromatic rings. The summed E-state index contributed by atoms with van der Waals surface area (Å²) >= 11 is 0. The maximum Gasteiger partial charge on any atom is -0.00205 e. The van der Waals surface area contributed by atoms with Crippen LogP contribution < -0.4 is 5.32 Å². The van der Waals surface area contributed by atoms with Gasteiger partial charge in [0.1, 0.15) is 0 Å². The van der Waals surface area contributed by atoms with E-state index in [9.17, 15) is 0 Å². The van der Waals surface area contributed by atoms with Crippen molar-refractivity contribution in [2.45, 2.75) is 58.8 Å². The lowest BCUT2D eigenvalue weighted by molar-refractivity contribution is 0.259. The van der Waals surface area contributed by atoms with Crippen molar-refractivity contribution in [3.05, 3.63) is 0 Å². The van der Waals surface area contributed by atoms with Gasteiger partial charge >= 0.3 is 0 Å². The van der Waals surface area contributed by atoms with Gasteiger partial charge in [-0.2, -0.15) is 0 Å². The zero-order valence-electron chi connectivity index (χ0n) is 11.2. The first kappa shape index (κ1) is 12.4. The van der Waals surface area contributed by atoms with E-state index in [4.69, 9.17) is 0 Å². The molecule has 16 heavy (non-hydrogen) atoms. The Morgan fingerprint density at radius 2 is 2.06 bits per heavy atom. The van der Waals surface area contributed by atoms with Crippen molar-refractivity contribution in [1.29, 1.82) is 0 Å². The molecule has 0 spiro atoms. The molecule has 4 atom stereocenters. The summed E-state index contributed by atoms with van der Waals surface area (Å²) in [4.78, 5) is 0. The Labute approximate surface area is 101 Å². The standard InChI is InChI=1S/C15H29N/c1-3-7-16-11-12(4-2)8-15-10-13-5-6-14(15)9-13/h12-16H,3-11H2,1-2H3. The molecule has 0 saturated heterocycles. The van der Waals surface area contributed by atoms with Crippen LogP contribution in [0.4, 0.5) is 0 Å². The van der Waals surface area contributed by atoms with Crippen molar-refractivity contribution in [2.75, 3.05) is 13.1 Å². The summed E-state index contributed by atoms with van der Waals surface area (Å²) in [5.41, 5.74) is 0. The van der Waals surface area contributed by atoms with E-state index < -0.39 is 0 Å². The first-order chi connectivity index (χ1) is 7.83. The van der Waals surface area contributed by atoms with Crippen molar-refractivity contribution in [1.82, 2.24) is 5.32 Å². The minimum Gasteiger partial charge on any atom is -0.316 e. The molecule has 0 amide bonds. The molecule has 2 bridgehead atoms. The van der Waals surface area contributed by atoms with Gasteiger partial charge in [0.05, 0.1) is 0 Å². The Balaban J connectivity index is 1.70. The molecule has 2 aliphatic carbocycles. The maximum absolute atomic E-state index is 3.60. The van der Waals surface area contributed by atoms with E-state index in [1.54, 1.807) is 25.7 Å². The van der Waals surface area contributed by atoms with Gasteiger partial charge in [0.2, 0.25) is 0 Å². The average Bonchev–Trinajstić information content (AvgIpc) is 2.89. The molecule has 0 heterocycles. The fourth-order valence-corrected chi connectivity index (χ4v) is 3.97. The van der Waals surface area contributed by atoms with E-state index in [-0.39, 0.29) is 0 Å². The van der Waals surface area contributed by atoms with E-state index in [0.29, 0.717) is 0 Å². The third-order valence-corrected chi connectivity index (χ3v) is 4.96. The SMILES string of the molecule is CCCNCC(CC)CC1CC2CCC1C2. The van der Waals surface area contributed by atoms with E-state index in [1.807, 2.05) is 0 Å². The Morgan fingerprint density at radius 3 is 2.62 bits per heavy atom. The molecule has 1 N–H and O–H groups in total. The topological polar surface area (TPSA) is 12.0 Å². The third kappa shape index (κ3) is 3.00. The molecule has 2 saturated carbocycles. The average molecular weight is 223 g/mol. The predicted octanol–water partition coefficient (Wildman–Crippen LogP) is 3.84. The fourth-order valence-electron chi connectivity index (χ4n) is 3.97. The van der Waals surface area contributed by atoms with Crippen molar-refractivity contribution in [3.8, 4) is 0 Å². The quantitative estimate of drug-likeness (QED) is 0.647. The number of nitrogens with one attached hydrogen (secondary N) is 1. The van der Waals surface area contributed by atoms with Crippen molar-refractivity contribution < 1.29 is 0 Å². The normalized spacial score (nSPS) is 34.5. The van der Waals surface area contributed by atoms with Gasteiger partial charge in [0.25, 0.3) is 0 Å². The van der Waals surface area contributed by atoms with Gasteiger partial charge in [-0.1, -0.05) is 26.7 Å². The van der Waals surface area contributed by atoms with Crippen molar-refractivity contribution in [3.63, 3.8) is 0 Å². The first-order valence-electron chi connectivity index (χ1n) is 7.54. The van der Waals surface area contributed by atoms with Crippen LogP contribution in [0.25, 0.3) is 0 Å². The second-order valence-corrected chi connectivity index (χ2v) is 6.15. The number of hydrogen-bond acceptors (Lipinski definition) is 1. The van der Waals surface area contributed by atoms with E-state index in [2.05, 4.69) is 19.2 Å². The molecule has 4 unspecified atom stereocenters. The summed E-state index contributed by atoms with van der Waals surface area (Å²) in [6, 6.07) is 0. The van der Waals surface area contributed by atoms with Gasteiger partial charge in [0, 0.05) is 0 Å². The van der Waals surface area contributed by atoms with Crippen molar-refractivity contribution in [2.24, 2.45) is 23.7 Å². The van der Waals surface area contributed by atoms with Gasteiger partial charge < -0.3 is 5.32 Å². The lowest BCUT2D eigenvalue weighted by Gasteiger charge is -2.26. The maximum atomic E-state index is 3.60. The van der Waals surface area contributed by atoms with Crippen molar-refractivity contribution >= 4 is 0 Å². The fraction of sp³-hybridized carbons (Fsp3) is 1.00. The molecular formula is C15H29N. The van der Waals surface area contributed by atoms with Crippen LogP contribution in [0, 0.1) is 23.7 Å². The number of fused-ring (bicyclic) bond motifs is 2. The Bertz CT molecular complexity index is 202. The molecule has 1 heteroatoms. The molecule has 2 aliphatic rings. The van der Waals surface area contributed by atoms with Crippen LogP contribution in [0.15, 0.2) is 0 Å². The highest BCUT2D eigenvalue weighted by molar-refractivity contribution is 4.90. The predicted molar refractivity (Wildman–Crippen MR) is 70.5 cm³/mol. The van der Waals surface area contributed by atoms with Crippen LogP contribution in [-0.2, 0) is 0 Å². The van der Waals surface area contributed by atoms with Crippen LogP contribution in [0.1, 0.15) is 58.8 Å². The van der Waals surface area contributed by atoms with Crippen LogP contribution in [0.3, 0.4) is 0 Å². The van der Waals surface area contributed by atoms with Crippen LogP contribution in [0.5, 0.6) is 0 Å². The Morgan fingerprint density at radius 1 is 1.19 bits per heavy atom. The minimum atomic E-state index is 0.941. The summed E-state index contributed by atoms with van der Waals surface area (Å²) in [5, 5.41) is 3.60. The minimum absolute atomic E-state index is 0.941. The third-order valence-electron chi connectivity index (χ3n) is 4.96. The lowest BCUT2D eigenvalue weighted by atomic mass is 9.81. The second-order valence-electron chi connectivity index (χ2n) is 6.15. The summed E-state index contributed by atoms with van der Waals surface area (Å²) < 4.78 is 0. The van der Waals surface area contributed by atoms with Crippen LogP contribution in [-0.4, -0.2) is 13.1 Å². The highest BCUT2D eigenvalue weighted by Gasteiger charge is 2.39.